The van der Waals surface area contributed by atoms with Crippen LogP contribution in [0.1, 0.15) is 18.4 Å². The van der Waals surface area contributed by atoms with Crippen molar-refractivity contribution in [1.29, 1.82) is 0 Å². The molecule has 1 fully saturated rings. The van der Waals surface area contributed by atoms with Crippen LogP contribution in [-0.2, 0) is 10.1 Å². The molecule has 1 aliphatic rings. The summed E-state index contributed by atoms with van der Waals surface area (Å²) in [4.78, 5) is 6.78. The highest BCUT2D eigenvalue weighted by Crippen LogP contribution is 2.19. The van der Waals surface area contributed by atoms with E-state index in [1.807, 2.05) is 6.20 Å². The van der Waals surface area contributed by atoms with E-state index in [1.165, 1.54) is 12.0 Å². The number of halogens is 1. The molecule has 0 aliphatic carbocycles. The molecule has 1 aromatic heterocycles. The Bertz CT molecular complexity index is 328. The molecule has 0 amide bonds. The standard InChI is InChI=1S/C12H17BrN2O/c1-16-11-3-2-6-15(9-11)12-5-4-10(7-13)8-14-12/h4-5,8,11H,2-3,6-7,9H2,1H3. The van der Waals surface area contributed by atoms with Gasteiger partial charge in [0.1, 0.15) is 5.82 Å². The number of aromatic nitrogens is 1. The maximum atomic E-state index is 5.41. The first kappa shape index (κ1) is 11.9. The number of anilines is 1. The van der Waals surface area contributed by atoms with Gasteiger partial charge < -0.3 is 9.64 Å². The Kier molecular flexibility index (Phi) is 4.18. The molecular weight excluding hydrogens is 268 g/mol. The summed E-state index contributed by atoms with van der Waals surface area (Å²) in [6.45, 7) is 2.04. The molecule has 0 bridgehead atoms. The third-order valence-electron chi connectivity index (χ3n) is 3.00. The molecular formula is C12H17BrN2O. The fourth-order valence-corrected chi connectivity index (χ4v) is 2.35. The molecule has 3 nitrogen and oxygen atoms in total. The molecule has 2 rings (SSSR count). The van der Waals surface area contributed by atoms with E-state index in [9.17, 15) is 0 Å². The zero-order valence-corrected chi connectivity index (χ0v) is 11.1. The van der Waals surface area contributed by atoms with E-state index in [0.717, 1.165) is 30.7 Å². The van der Waals surface area contributed by atoms with Gasteiger partial charge in [-0.15, -0.1) is 0 Å². The average molecular weight is 285 g/mol. The quantitative estimate of drug-likeness (QED) is 0.798. The molecule has 1 atom stereocenters. The SMILES string of the molecule is COC1CCCN(c2ccc(CBr)cn2)C1. The largest absolute Gasteiger partial charge is 0.380 e. The molecule has 1 saturated heterocycles. The van der Waals surface area contributed by atoms with E-state index >= 15 is 0 Å². The molecule has 4 heteroatoms. The van der Waals surface area contributed by atoms with Gasteiger partial charge in [-0.05, 0) is 24.5 Å². The minimum absolute atomic E-state index is 0.353. The number of alkyl halides is 1. The Morgan fingerprint density at radius 2 is 2.44 bits per heavy atom. The summed E-state index contributed by atoms with van der Waals surface area (Å²) in [5, 5.41) is 0.862. The molecule has 0 radical (unpaired) electrons. The molecule has 0 spiro atoms. The van der Waals surface area contributed by atoms with Crippen molar-refractivity contribution in [3.63, 3.8) is 0 Å². The lowest BCUT2D eigenvalue weighted by molar-refractivity contribution is 0.0891. The van der Waals surface area contributed by atoms with Gasteiger partial charge in [0, 0.05) is 31.7 Å². The van der Waals surface area contributed by atoms with Crippen molar-refractivity contribution >= 4 is 21.7 Å². The minimum Gasteiger partial charge on any atom is -0.380 e. The molecule has 88 valence electrons. The number of hydrogen-bond acceptors (Lipinski definition) is 3. The van der Waals surface area contributed by atoms with E-state index < -0.39 is 0 Å². The number of ether oxygens (including phenoxy) is 1. The Labute approximate surface area is 105 Å². The predicted molar refractivity (Wildman–Crippen MR) is 69.1 cm³/mol. The number of pyridine rings is 1. The molecule has 0 aromatic carbocycles. The van der Waals surface area contributed by atoms with Crippen LogP contribution in [0.2, 0.25) is 0 Å². The number of nitrogens with zero attached hydrogens (tertiary/aromatic N) is 2. The van der Waals surface area contributed by atoms with Gasteiger partial charge in [-0.3, -0.25) is 0 Å². The van der Waals surface area contributed by atoms with Crippen molar-refractivity contribution in [1.82, 2.24) is 4.98 Å². The lowest BCUT2D eigenvalue weighted by Gasteiger charge is -2.32. The first-order chi connectivity index (χ1) is 7.83. The zero-order valence-electron chi connectivity index (χ0n) is 9.53. The van der Waals surface area contributed by atoms with E-state index in [4.69, 9.17) is 4.74 Å². The third kappa shape index (κ3) is 2.74. The van der Waals surface area contributed by atoms with Crippen LogP contribution >= 0.6 is 15.9 Å². The summed E-state index contributed by atoms with van der Waals surface area (Å²) in [7, 11) is 1.79. The number of piperidine rings is 1. The molecule has 0 N–H and O–H groups in total. The van der Waals surface area contributed by atoms with Gasteiger partial charge in [-0.25, -0.2) is 4.98 Å². The predicted octanol–water partition coefficient (Wildman–Crippen LogP) is 2.59. The van der Waals surface area contributed by atoms with Gasteiger partial charge in [0.2, 0.25) is 0 Å². The van der Waals surface area contributed by atoms with Gasteiger partial charge in [0.25, 0.3) is 0 Å². The maximum Gasteiger partial charge on any atom is 0.128 e. The topological polar surface area (TPSA) is 25.4 Å². The van der Waals surface area contributed by atoms with Crippen LogP contribution in [-0.4, -0.2) is 31.3 Å². The van der Waals surface area contributed by atoms with Crippen LogP contribution in [0, 0.1) is 0 Å². The number of hydrogen-bond donors (Lipinski definition) is 0. The normalized spacial score (nSPS) is 21.1. The summed E-state index contributed by atoms with van der Waals surface area (Å²) < 4.78 is 5.41. The van der Waals surface area contributed by atoms with Gasteiger partial charge in [-0.1, -0.05) is 22.0 Å². The molecule has 1 aliphatic heterocycles. The number of rotatable bonds is 3. The summed E-state index contributed by atoms with van der Waals surface area (Å²) in [5.74, 6) is 1.06. The van der Waals surface area contributed by atoms with Crippen LogP contribution < -0.4 is 4.90 Å². The second kappa shape index (κ2) is 5.64. The average Bonchev–Trinajstić information content (AvgIpc) is 2.39. The van der Waals surface area contributed by atoms with Crippen LogP contribution in [0.5, 0.6) is 0 Å². The van der Waals surface area contributed by atoms with Crippen molar-refractivity contribution in [3.8, 4) is 0 Å². The molecule has 2 heterocycles. The van der Waals surface area contributed by atoms with Gasteiger partial charge in [0.15, 0.2) is 0 Å². The van der Waals surface area contributed by atoms with Crippen LogP contribution in [0.3, 0.4) is 0 Å². The fraction of sp³-hybridized carbons (Fsp3) is 0.583. The first-order valence-corrected chi connectivity index (χ1v) is 6.74. The van der Waals surface area contributed by atoms with Crippen LogP contribution in [0.25, 0.3) is 0 Å². The monoisotopic (exact) mass is 284 g/mol. The molecule has 1 unspecified atom stereocenters. The maximum absolute atomic E-state index is 5.41. The Morgan fingerprint density at radius 3 is 3.06 bits per heavy atom. The summed E-state index contributed by atoms with van der Waals surface area (Å²) in [5.41, 5.74) is 1.21. The minimum atomic E-state index is 0.353. The summed E-state index contributed by atoms with van der Waals surface area (Å²) in [6.07, 6.45) is 4.62. The zero-order chi connectivity index (χ0) is 11.4. The first-order valence-electron chi connectivity index (χ1n) is 5.62. The van der Waals surface area contributed by atoms with Crippen molar-refractivity contribution in [2.75, 3.05) is 25.1 Å². The van der Waals surface area contributed by atoms with E-state index in [2.05, 4.69) is 37.9 Å². The lowest BCUT2D eigenvalue weighted by atomic mass is 10.1. The second-order valence-electron chi connectivity index (χ2n) is 4.10. The van der Waals surface area contributed by atoms with Gasteiger partial charge in [0.05, 0.1) is 6.10 Å². The second-order valence-corrected chi connectivity index (χ2v) is 4.66. The highest BCUT2D eigenvalue weighted by Gasteiger charge is 2.20. The Balaban J connectivity index is 2.05. The fourth-order valence-electron chi connectivity index (χ4n) is 2.02. The van der Waals surface area contributed by atoms with Gasteiger partial charge >= 0.3 is 0 Å². The molecule has 16 heavy (non-hydrogen) atoms. The Hall–Kier alpha value is -0.610. The molecule has 1 aromatic rings. The highest BCUT2D eigenvalue weighted by molar-refractivity contribution is 9.08. The van der Waals surface area contributed by atoms with Crippen molar-refractivity contribution < 1.29 is 4.74 Å². The van der Waals surface area contributed by atoms with Crippen molar-refractivity contribution in [2.45, 2.75) is 24.3 Å². The van der Waals surface area contributed by atoms with Gasteiger partial charge in [-0.2, -0.15) is 0 Å². The van der Waals surface area contributed by atoms with Crippen molar-refractivity contribution in [2.24, 2.45) is 0 Å². The third-order valence-corrected chi connectivity index (χ3v) is 3.65. The van der Waals surface area contributed by atoms with E-state index in [-0.39, 0.29) is 0 Å². The summed E-state index contributed by atoms with van der Waals surface area (Å²) in [6, 6.07) is 4.21. The smallest absolute Gasteiger partial charge is 0.128 e. The Morgan fingerprint density at radius 1 is 1.56 bits per heavy atom. The van der Waals surface area contributed by atoms with Crippen LogP contribution in [0.15, 0.2) is 18.3 Å². The van der Waals surface area contributed by atoms with E-state index in [1.54, 1.807) is 7.11 Å². The number of methoxy groups -OCH3 is 1. The molecule has 0 saturated carbocycles. The summed E-state index contributed by atoms with van der Waals surface area (Å²) >= 11 is 3.43. The van der Waals surface area contributed by atoms with E-state index in [0.29, 0.717) is 6.10 Å². The van der Waals surface area contributed by atoms with Crippen molar-refractivity contribution in [3.05, 3.63) is 23.9 Å². The lowest BCUT2D eigenvalue weighted by Crippen LogP contribution is -2.39. The highest BCUT2D eigenvalue weighted by atomic mass is 79.9. The van der Waals surface area contributed by atoms with Crippen LogP contribution in [0.4, 0.5) is 5.82 Å².